The molecule has 0 aromatic carbocycles. The molecule has 2 N–H and O–H groups in total. The summed E-state index contributed by atoms with van der Waals surface area (Å²) < 4.78 is 10.6. The van der Waals surface area contributed by atoms with Crippen LogP contribution in [0.4, 0.5) is 11.6 Å². The van der Waals surface area contributed by atoms with Crippen molar-refractivity contribution in [3.63, 3.8) is 0 Å². The lowest BCUT2D eigenvalue weighted by Gasteiger charge is -2.35. The fourth-order valence-corrected chi connectivity index (χ4v) is 2.03. The van der Waals surface area contributed by atoms with Crippen LogP contribution in [0.2, 0.25) is 0 Å². The molecule has 1 heterocycles. The largest absolute Gasteiger partial charge is 0.490 e. The zero-order chi connectivity index (χ0) is 13.0. The third-order valence-corrected chi connectivity index (χ3v) is 3.12. The summed E-state index contributed by atoms with van der Waals surface area (Å²) in [6, 6.07) is 0.397. The van der Waals surface area contributed by atoms with Crippen LogP contribution in [0.1, 0.15) is 19.8 Å². The van der Waals surface area contributed by atoms with Gasteiger partial charge >= 0.3 is 0 Å². The third-order valence-electron chi connectivity index (χ3n) is 3.12. The molecule has 1 aromatic heterocycles. The standard InChI is InChI=1S/C12H20N4O2/c1-4-13-11-10(18-3)12(15-7-14-11)16-8-5-9(6-8)17-2/h7-9H,4-6H2,1-3H3,(H2,13,14,15,16). The molecule has 2 rings (SSSR count). The van der Waals surface area contributed by atoms with E-state index in [9.17, 15) is 0 Å². The van der Waals surface area contributed by atoms with Crippen molar-refractivity contribution in [1.82, 2.24) is 9.97 Å². The average molecular weight is 252 g/mol. The van der Waals surface area contributed by atoms with Crippen molar-refractivity contribution in [3.8, 4) is 5.75 Å². The lowest BCUT2D eigenvalue weighted by atomic mass is 9.89. The van der Waals surface area contributed by atoms with E-state index in [2.05, 4.69) is 20.6 Å². The highest BCUT2D eigenvalue weighted by atomic mass is 16.5. The van der Waals surface area contributed by atoms with Gasteiger partial charge in [-0.05, 0) is 19.8 Å². The number of methoxy groups -OCH3 is 2. The predicted octanol–water partition coefficient (Wildman–Crippen LogP) is 1.51. The second kappa shape index (κ2) is 5.86. The maximum absolute atomic E-state index is 5.37. The number of anilines is 2. The fraction of sp³-hybridized carbons (Fsp3) is 0.667. The minimum absolute atomic E-state index is 0.364. The quantitative estimate of drug-likeness (QED) is 0.800. The van der Waals surface area contributed by atoms with E-state index in [0.29, 0.717) is 17.9 Å². The monoisotopic (exact) mass is 252 g/mol. The van der Waals surface area contributed by atoms with Crippen molar-refractivity contribution in [1.29, 1.82) is 0 Å². The van der Waals surface area contributed by atoms with E-state index < -0.39 is 0 Å². The lowest BCUT2D eigenvalue weighted by Crippen LogP contribution is -2.40. The second-order valence-electron chi connectivity index (χ2n) is 4.30. The Morgan fingerprint density at radius 2 is 2.00 bits per heavy atom. The number of hydrogen-bond acceptors (Lipinski definition) is 6. The molecule has 6 nitrogen and oxygen atoms in total. The SMILES string of the molecule is CCNc1ncnc(NC2CC(OC)C2)c1OC. The van der Waals surface area contributed by atoms with Gasteiger partial charge in [-0.1, -0.05) is 0 Å². The number of nitrogens with one attached hydrogen (secondary N) is 2. The van der Waals surface area contributed by atoms with Gasteiger partial charge < -0.3 is 20.1 Å². The molecular formula is C12H20N4O2. The van der Waals surface area contributed by atoms with Crippen LogP contribution in [0.15, 0.2) is 6.33 Å². The minimum Gasteiger partial charge on any atom is -0.490 e. The summed E-state index contributed by atoms with van der Waals surface area (Å²) in [7, 11) is 3.37. The van der Waals surface area contributed by atoms with Gasteiger partial charge in [-0.15, -0.1) is 0 Å². The molecule has 6 heteroatoms. The van der Waals surface area contributed by atoms with Gasteiger partial charge in [0.05, 0.1) is 13.2 Å². The molecule has 0 bridgehead atoms. The zero-order valence-electron chi connectivity index (χ0n) is 11.1. The van der Waals surface area contributed by atoms with Crippen molar-refractivity contribution in [2.75, 3.05) is 31.4 Å². The van der Waals surface area contributed by atoms with Crippen LogP contribution in [0, 0.1) is 0 Å². The molecule has 1 aromatic rings. The number of hydrogen-bond donors (Lipinski definition) is 2. The first kappa shape index (κ1) is 12.9. The molecular weight excluding hydrogens is 232 g/mol. The summed E-state index contributed by atoms with van der Waals surface area (Å²) in [6.45, 7) is 2.81. The highest BCUT2D eigenvalue weighted by molar-refractivity contribution is 5.63. The van der Waals surface area contributed by atoms with Gasteiger partial charge in [-0.25, -0.2) is 9.97 Å². The highest BCUT2D eigenvalue weighted by Gasteiger charge is 2.30. The average Bonchev–Trinajstić information content (AvgIpc) is 2.34. The predicted molar refractivity (Wildman–Crippen MR) is 70.2 cm³/mol. The van der Waals surface area contributed by atoms with E-state index in [0.717, 1.165) is 31.0 Å². The molecule has 0 radical (unpaired) electrons. The highest BCUT2D eigenvalue weighted by Crippen LogP contribution is 2.32. The zero-order valence-corrected chi connectivity index (χ0v) is 11.1. The molecule has 1 aliphatic carbocycles. The number of rotatable bonds is 6. The van der Waals surface area contributed by atoms with Crippen molar-refractivity contribution in [2.24, 2.45) is 0 Å². The molecule has 18 heavy (non-hydrogen) atoms. The van der Waals surface area contributed by atoms with Gasteiger partial charge in [0.15, 0.2) is 11.6 Å². The van der Waals surface area contributed by atoms with E-state index in [4.69, 9.17) is 9.47 Å². The van der Waals surface area contributed by atoms with Crippen molar-refractivity contribution in [2.45, 2.75) is 31.9 Å². The van der Waals surface area contributed by atoms with Crippen LogP contribution in [0.3, 0.4) is 0 Å². The maximum Gasteiger partial charge on any atom is 0.204 e. The van der Waals surface area contributed by atoms with E-state index in [1.54, 1.807) is 14.2 Å². The normalized spacial score (nSPS) is 22.2. The smallest absolute Gasteiger partial charge is 0.204 e. The first-order valence-corrected chi connectivity index (χ1v) is 6.20. The first-order valence-electron chi connectivity index (χ1n) is 6.20. The first-order chi connectivity index (χ1) is 8.78. The Morgan fingerprint density at radius 1 is 1.28 bits per heavy atom. The summed E-state index contributed by atoms with van der Waals surface area (Å²) in [5, 5.41) is 6.52. The van der Waals surface area contributed by atoms with Crippen LogP contribution in [-0.2, 0) is 4.74 Å². The van der Waals surface area contributed by atoms with Crippen LogP contribution < -0.4 is 15.4 Å². The van der Waals surface area contributed by atoms with Crippen molar-refractivity contribution >= 4 is 11.6 Å². The van der Waals surface area contributed by atoms with Gasteiger partial charge in [0.1, 0.15) is 6.33 Å². The summed E-state index contributed by atoms with van der Waals surface area (Å²) in [4.78, 5) is 8.41. The molecule has 0 unspecified atom stereocenters. The minimum atomic E-state index is 0.364. The number of nitrogens with zero attached hydrogens (tertiary/aromatic N) is 2. The Kier molecular flexibility index (Phi) is 4.19. The van der Waals surface area contributed by atoms with Crippen molar-refractivity contribution in [3.05, 3.63) is 6.33 Å². The van der Waals surface area contributed by atoms with Gasteiger partial charge in [0, 0.05) is 19.7 Å². The molecule has 0 atom stereocenters. The lowest BCUT2D eigenvalue weighted by molar-refractivity contribution is 0.0327. The van der Waals surface area contributed by atoms with E-state index in [1.807, 2.05) is 6.92 Å². The summed E-state index contributed by atoms with van der Waals surface area (Å²) in [6.07, 6.45) is 3.90. The van der Waals surface area contributed by atoms with E-state index in [-0.39, 0.29) is 0 Å². The van der Waals surface area contributed by atoms with Crippen LogP contribution in [0.5, 0.6) is 5.75 Å². The molecule has 0 saturated heterocycles. The third kappa shape index (κ3) is 2.64. The number of aromatic nitrogens is 2. The summed E-state index contributed by atoms with van der Waals surface area (Å²) >= 11 is 0. The molecule has 0 spiro atoms. The Bertz CT molecular complexity index is 394. The topological polar surface area (TPSA) is 68.3 Å². The van der Waals surface area contributed by atoms with Crippen LogP contribution >= 0.6 is 0 Å². The van der Waals surface area contributed by atoms with E-state index in [1.165, 1.54) is 6.33 Å². The fourth-order valence-electron chi connectivity index (χ4n) is 2.03. The van der Waals surface area contributed by atoms with Gasteiger partial charge in [-0.3, -0.25) is 0 Å². The number of ether oxygens (including phenoxy) is 2. The van der Waals surface area contributed by atoms with Crippen molar-refractivity contribution < 1.29 is 9.47 Å². The van der Waals surface area contributed by atoms with Crippen LogP contribution in [0.25, 0.3) is 0 Å². The maximum atomic E-state index is 5.37. The Morgan fingerprint density at radius 3 is 2.61 bits per heavy atom. The Balaban J connectivity index is 2.05. The van der Waals surface area contributed by atoms with Gasteiger partial charge in [-0.2, -0.15) is 0 Å². The summed E-state index contributed by atoms with van der Waals surface area (Å²) in [5.41, 5.74) is 0. The second-order valence-corrected chi connectivity index (χ2v) is 4.30. The van der Waals surface area contributed by atoms with Crippen LogP contribution in [-0.4, -0.2) is 42.9 Å². The molecule has 1 saturated carbocycles. The molecule has 1 aliphatic rings. The summed E-state index contributed by atoms with van der Waals surface area (Å²) in [5.74, 6) is 2.13. The molecule has 0 amide bonds. The molecule has 100 valence electrons. The molecule has 0 aliphatic heterocycles. The van der Waals surface area contributed by atoms with Gasteiger partial charge in [0.2, 0.25) is 5.75 Å². The van der Waals surface area contributed by atoms with E-state index >= 15 is 0 Å². The molecule has 1 fully saturated rings. The Hall–Kier alpha value is -1.56. The van der Waals surface area contributed by atoms with Gasteiger partial charge in [0.25, 0.3) is 0 Å². The Labute approximate surface area is 107 Å².